The fourth-order valence-electron chi connectivity index (χ4n) is 2.27. The smallest absolute Gasteiger partial charge is 0.254 e. The van der Waals surface area contributed by atoms with E-state index in [0.717, 1.165) is 18.3 Å². The molecule has 3 nitrogen and oxygen atoms in total. The van der Waals surface area contributed by atoms with Gasteiger partial charge in [-0.2, -0.15) is 0 Å². The first kappa shape index (κ1) is 12.4. The first-order valence-electron chi connectivity index (χ1n) is 5.79. The highest BCUT2D eigenvalue weighted by Gasteiger charge is 2.33. The van der Waals surface area contributed by atoms with Crippen LogP contribution in [0, 0.1) is 5.92 Å². The highest BCUT2D eigenvalue weighted by atomic mass is 79.9. The van der Waals surface area contributed by atoms with Crippen LogP contribution in [0.15, 0.2) is 24.3 Å². The number of halogens is 1. The van der Waals surface area contributed by atoms with E-state index < -0.39 is 0 Å². The highest BCUT2D eigenvalue weighted by Crippen LogP contribution is 2.27. The maximum atomic E-state index is 12.3. The van der Waals surface area contributed by atoms with E-state index in [1.807, 2.05) is 4.90 Å². The maximum absolute atomic E-state index is 12.3. The SMILES string of the molecule is CC1CCN(C(=O)c2ccc(O)cc2)C1CBr. The lowest BCUT2D eigenvalue weighted by Gasteiger charge is -2.25. The average molecular weight is 298 g/mol. The van der Waals surface area contributed by atoms with Gasteiger partial charge in [-0.1, -0.05) is 22.9 Å². The Hall–Kier alpha value is -1.03. The summed E-state index contributed by atoms with van der Waals surface area (Å²) >= 11 is 3.48. The van der Waals surface area contributed by atoms with Crippen molar-refractivity contribution in [1.82, 2.24) is 4.90 Å². The predicted molar refractivity (Wildman–Crippen MR) is 70.5 cm³/mol. The van der Waals surface area contributed by atoms with E-state index in [4.69, 9.17) is 0 Å². The number of carbonyl (C=O) groups excluding carboxylic acids is 1. The van der Waals surface area contributed by atoms with Crippen LogP contribution in [0.25, 0.3) is 0 Å². The molecule has 1 aromatic rings. The molecule has 0 aromatic heterocycles. The van der Waals surface area contributed by atoms with Gasteiger partial charge < -0.3 is 10.0 Å². The van der Waals surface area contributed by atoms with Crippen LogP contribution in [0.4, 0.5) is 0 Å². The van der Waals surface area contributed by atoms with Crippen molar-refractivity contribution in [2.45, 2.75) is 19.4 Å². The van der Waals surface area contributed by atoms with Gasteiger partial charge in [-0.05, 0) is 36.6 Å². The first-order valence-corrected chi connectivity index (χ1v) is 6.91. The van der Waals surface area contributed by atoms with Crippen molar-refractivity contribution in [2.75, 3.05) is 11.9 Å². The summed E-state index contributed by atoms with van der Waals surface area (Å²) in [6, 6.07) is 6.72. The molecule has 4 heteroatoms. The monoisotopic (exact) mass is 297 g/mol. The van der Waals surface area contributed by atoms with Crippen molar-refractivity contribution < 1.29 is 9.90 Å². The fourth-order valence-corrected chi connectivity index (χ4v) is 3.25. The molecule has 2 unspecified atom stereocenters. The number of rotatable bonds is 2. The van der Waals surface area contributed by atoms with E-state index >= 15 is 0 Å². The summed E-state index contributed by atoms with van der Waals surface area (Å²) in [5.74, 6) is 0.780. The normalized spacial score (nSPS) is 24.0. The van der Waals surface area contributed by atoms with Crippen LogP contribution in [0.5, 0.6) is 5.75 Å². The topological polar surface area (TPSA) is 40.5 Å². The molecule has 0 saturated carbocycles. The molecule has 1 aliphatic rings. The predicted octanol–water partition coefficient (Wildman–Crippen LogP) is 2.64. The Morgan fingerprint density at radius 1 is 1.47 bits per heavy atom. The third-order valence-corrected chi connectivity index (χ3v) is 4.08. The van der Waals surface area contributed by atoms with Gasteiger partial charge in [0, 0.05) is 23.5 Å². The van der Waals surface area contributed by atoms with E-state index in [-0.39, 0.29) is 17.7 Å². The molecule has 1 fully saturated rings. The Balaban J connectivity index is 2.17. The van der Waals surface area contributed by atoms with Crippen LogP contribution in [0.3, 0.4) is 0 Å². The van der Waals surface area contributed by atoms with Gasteiger partial charge in [-0.3, -0.25) is 4.79 Å². The van der Waals surface area contributed by atoms with E-state index in [9.17, 15) is 9.90 Å². The minimum absolute atomic E-state index is 0.0544. The highest BCUT2D eigenvalue weighted by molar-refractivity contribution is 9.09. The largest absolute Gasteiger partial charge is 0.508 e. The number of hydrogen-bond donors (Lipinski definition) is 1. The van der Waals surface area contributed by atoms with E-state index in [1.165, 1.54) is 0 Å². The van der Waals surface area contributed by atoms with Gasteiger partial charge in [-0.25, -0.2) is 0 Å². The number of aromatic hydroxyl groups is 1. The van der Waals surface area contributed by atoms with Gasteiger partial charge in [0.1, 0.15) is 5.75 Å². The summed E-state index contributed by atoms with van der Waals surface area (Å²) in [6.07, 6.45) is 1.06. The molecule has 0 aliphatic carbocycles. The molecular formula is C13H16BrNO2. The second-order valence-electron chi connectivity index (χ2n) is 4.53. The van der Waals surface area contributed by atoms with Crippen molar-refractivity contribution in [2.24, 2.45) is 5.92 Å². The van der Waals surface area contributed by atoms with Crippen molar-refractivity contribution in [1.29, 1.82) is 0 Å². The maximum Gasteiger partial charge on any atom is 0.254 e. The van der Waals surface area contributed by atoms with Crippen molar-refractivity contribution in [3.8, 4) is 5.75 Å². The molecule has 17 heavy (non-hydrogen) atoms. The Morgan fingerprint density at radius 2 is 2.12 bits per heavy atom. The number of phenols is 1. The number of phenolic OH excluding ortho intramolecular Hbond substituents is 1. The quantitative estimate of drug-likeness (QED) is 0.853. The molecule has 1 amide bonds. The molecule has 0 radical (unpaired) electrons. The third-order valence-electron chi connectivity index (χ3n) is 3.42. The summed E-state index contributed by atoms with van der Waals surface area (Å²) in [5, 5.41) is 10.0. The second kappa shape index (κ2) is 5.08. The zero-order chi connectivity index (χ0) is 12.4. The van der Waals surface area contributed by atoms with Crippen LogP contribution < -0.4 is 0 Å². The van der Waals surface area contributed by atoms with E-state index in [1.54, 1.807) is 24.3 Å². The standard InChI is InChI=1S/C13H16BrNO2/c1-9-6-7-15(12(9)8-14)13(17)10-2-4-11(16)5-3-10/h2-5,9,12,16H,6-8H2,1H3. The van der Waals surface area contributed by atoms with Crippen molar-refractivity contribution >= 4 is 21.8 Å². The van der Waals surface area contributed by atoms with Crippen molar-refractivity contribution in [3.05, 3.63) is 29.8 Å². The lowest BCUT2D eigenvalue weighted by atomic mass is 10.0. The summed E-state index contributed by atoms with van der Waals surface area (Å²) in [7, 11) is 0. The molecule has 0 spiro atoms. The Bertz CT molecular complexity index is 404. The third kappa shape index (κ3) is 2.46. The molecule has 92 valence electrons. The van der Waals surface area contributed by atoms with Gasteiger partial charge in [0.15, 0.2) is 0 Å². The van der Waals surface area contributed by atoms with Gasteiger partial charge in [-0.15, -0.1) is 0 Å². The number of carbonyl (C=O) groups is 1. The van der Waals surface area contributed by atoms with Crippen LogP contribution in [-0.4, -0.2) is 33.8 Å². The molecule has 1 saturated heterocycles. The van der Waals surface area contributed by atoms with E-state index in [0.29, 0.717) is 11.5 Å². The van der Waals surface area contributed by atoms with E-state index in [2.05, 4.69) is 22.9 Å². The molecule has 1 aliphatic heterocycles. The number of benzene rings is 1. The number of alkyl halides is 1. The van der Waals surface area contributed by atoms with Gasteiger partial charge >= 0.3 is 0 Å². The lowest BCUT2D eigenvalue weighted by molar-refractivity contribution is 0.0738. The molecule has 1 aromatic carbocycles. The fraction of sp³-hybridized carbons (Fsp3) is 0.462. The Kier molecular flexibility index (Phi) is 3.72. The van der Waals surface area contributed by atoms with Crippen LogP contribution >= 0.6 is 15.9 Å². The number of hydrogen-bond acceptors (Lipinski definition) is 2. The molecular weight excluding hydrogens is 282 g/mol. The van der Waals surface area contributed by atoms with Gasteiger partial charge in [0.2, 0.25) is 0 Å². The molecule has 1 heterocycles. The van der Waals surface area contributed by atoms with Crippen LogP contribution in [-0.2, 0) is 0 Å². The minimum Gasteiger partial charge on any atom is -0.508 e. The Morgan fingerprint density at radius 3 is 2.71 bits per heavy atom. The average Bonchev–Trinajstić information content (AvgIpc) is 2.70. The molecule has 1 N–H and O–H groups in total. The number of likely N-dealkylation sites (tertiary alicyclic amines) is 1. The Labute approximate surface area is 110 Å². The number of amides is 1. The summed E-state index contributed by atoms with van der Waals surface area (Å²) in [6.45, 7) is 2.99. The molecule has 2 atom stereocenters. The summed E-state index contributed by atoms with van der Waals surface area (Å²) in [5.41, 5.74) is 0.642. The zero-order valence-corrected chi connectivity index (χ0v) is 11.4. The number of nitrogens with zero attached hydrogens (tertiary/aromatic N) is 1. The molecule has 2 rings (SSSR count). The minimum atomic E-state index is 0.0544. The lowest BCUT2D eigenvalue weighted by Crippen LogP contribution is -2.38. The molecule has 0 bridgehead atoms. The summed E-state index contributed by atoms with van der Waals surface area (Å²) in [4.78, 5) is 14.2. The summed E-state index contributed by atoms with van der Waals surface area (Å²) < 4.78 is 0. The van der Waals surface area contributed by atoms with Crippen LogP contribution in [0.2, 0.25) is 0 Å². The van der Waals surface area contributed by atoms with Crippen LogP contribution in [0.1, 0.15) is 23.7 Å². The second-order valence-corrected chi connectivity index (χ2v) is 5.18. The van der Waals surface area contributed by atoms with Gasteiger partial charge in [0.05, 0.1) is 0 Å². The zero-order valence-electron chi connectivity index (χ0n) is 9.77. The van der Waals surface area contributed by atoms with Gasteiger partial charge in [0.25, 0.3) is 5.91 Å². The first-order chi connectivity index (χ1) is 8.13. The van der Waals surface area contributed by atoms with Crippen molar-refractivity contribution in [3.63, 3.8) is 0 Å².